The number of halogens is 1. The molecule has 26 heavy (non-hydrogen) atoms. The van der Waals surface area contributed by atoms with Gasteiger partial charge in [0.1, 0.15) is 5.25 Å². The Morgan fingerprint density at radius 2 is 2.00 bits per heavy atom. The van der Waals surface area contributed by atoms with Crippen LogP contribution in [0, 0.1) is 3.57 Å². The first-order valence-electron chi connectivity index (χ1n) is 8.12. The fourth-order valence-corrected chi connectivity index (χ4v) is 3.90. The molecule has 1 unspecified atom stereocenters. The van der Waals surface area contributed by atoms with Gasteiger partial charge in [-0.05, 0) is 66.8 Å². The van der Waals surface area contributed by atoms with Gasteiger partial charge in [0.2, 0.25) is 0 Å². The van der Waals surface area contributed by atoms with E-state index < -0.39 is 5.25 Å². The van der Waals surface area contributed by atoms with Crippen molar-refractivity contribution in [1.82, 2.24) is 9.55 Å². The first-order valence-corrected chi connectivity index (χ1v) is 10.1. The molecule has 0 spiro atoms. The van der Waals surface area contributed by atoms with Crippen LogP contribution in [0.1, 0.15) is 13.8 Å². The summed E-state index contributed by atoms with van der Waals surface area (Å²) in [5.41, 5.74) is 1.17. The third-order valence-electron chi connectivity index (χ3n) is 3.71. The van der Waals surface area contributed by atoms with Crippen molar-refractivity contribution < 1.29 is 9.53 Å². The van der Waals surface area contributed by atoms with Crippen LogP contribution in [-0.4, -0.2) is 27.4 Å². The van der Waals surface area contributed by atoms with Crippen LogP contribution in [0.2, 0.25) is 0 Å². The molecule has 0 aliphatic rings. The fourth-order valence-electron chi connectivity index (χ4n) is 2.49. The van der Waals surface area contributed by atoms with Crippen molar-refractivity contribution in [2.45, 2.75) is 24.3 Å². The maximum atomic E-state index is 13.2. The molecule has 0 fully saturated rings. The topological polar surface area (TPSA) is 61.2 Å². The van der Waals surface area contributed by atoms with Crippen molar-refractivity contribution in [3.05, 3.63) is 62.5 Å². The van der Waals surface area contributed by atoms with Crippen molar-refractivity contribution in [3.63, 3.8) is 0 Å². The van der Waals surface area contributed by atoms with Gasteiger partial charge in [-0.25, -0.2) is 4.98 Å². The van der Waals surface area contributed by atoms with E-state index in [1.54, 1.807) is 18.4 Å². The van der Waals surface area contributed by atoms with Gasteiger partial charge < -0.3 is 4.74 Å². The second-order valence-electron chi connectivity index (χ2n) is 5.54. The van der Waals surface area contributed by atoms with Crippen molar-refractivity contribution >= 4 is 51.2 Å². The van der Waals surface area contributed by atoms with Gasteiger partial charge in [-0.15, -0.1) is 0 Å². The highest BCUT2D eigenvalue weighted by molar-refractivity contribution is 14.1. The lowest BCUT2D eigenvalue weighted by atomic mass is 10.2. The maximum Gasteiger partial charge on any atom is 0.319 e. The lowest BCUT2D eigenvalue weighted by Crippen LogP contribution is -2.24. The van der Waals surface area contributed by atoms with Crippen LogP contribution >= 0.6 is 34.4 Å². The van der Waals surface area contributed by atoms with Crippen molar-refractivity contribution in [2.75, 3.05) is 6.61 Å². The molecule has 2 aromatic carbocycles. The zero-order valence-corrected chi connectivity index (χ0v) is 17.3. The van der Waals surface area contributed by atoms with Crippen LogP contribution in [0.25, 0.3) is 16.6 Å². The summed E-state index contributed by atoms with van der Waals surface area (Å²) < 4.78 is 7.60. The van der Waals surface area contributed by atoms with Gasteiger partial charge in [0, 0.05) is 3.57 Å². The second kappa shape index (κ2) is 8.22. The second-order valence-corrected chi connectivity index (χ2v) is 8.10. The Kier molecular flexibility index (Phi) is 5.98. The van der Waals surface area contributed by atoms with Crippen molar-refractivity contribution in [3.8, 4) is 5.69 Å². The molecule has 0 amide bonds. The molecule has 3 aromatic rings. The minimum atomic E-state index is -0.474. The molecule has 1 aromatic heterocycles. The van der Waals surface area contributed by atoms with Crippen molar-refractivity contribution in [2.24, 2.45) is 0 Å². The van der Waals surface area contributed by atoms with E-state index in [1.807, 2.05) is 48.5 Å². The lowest BCUT2D eigenvalue weighted by molar-refractivity contribution is -0.142. The highest BCUT2D eigenvalue weighted by atomic mass is 127. The molecule has 0 saturated heterocycles. The average molecular weight is 480 g/mol. The first kappa shape index (κ1) is 18.9. The summed E-state index contributed by atoms with van der Waals surface area (Å²) in [5, 5.41) is 0.544. The van der Waals surface area contributed by atoms with Crippen LogP contribution in [0.15, 0.2) is 58.5 Å². The van der Waals surface area contributed by atoms with Crippen LogP contribution in [0.5, 0.6) is 0 Å². The third kappa shape index (κ3) is 3.93. The highest BCUT2D eigenvalue weighted by Crippen LogP contribution is 2.26. The predicted octanol–water partition coefficient (Wildman–Crippen LogP) is 4.03. The first-order chi connectivity index (χ1) is 12.5. The lowest BCUT2D eigenvalue weighted by Gasteiger charge is -2.16. The summed E-state index contributed by atoms with van der Waals surface area (Å²) in [5.74, 6) is -0.325. The summed E-state index contributed by atoms with van der Waals surface area (Å²) in [7, 11) is 0. The standard InChI is InChI=1S/C19H17IN2O3S/c1-3-25-18(24)12(2)26-19-21-16-10-9-13(20)11-15(16)17(23)22(19)14-7-5-4-6-8-14/h4-12H,3H2,1-2H3. The molecular weight excluding hydrogens is 463 g/mol. The molecule has 5 nitrogen and oxygen atoms in total. The number of ether oxygens (including phenoxy) is 1. The van der Waals surface area contributed by atoms with Gasteiger partial charge in [0.25, 0.3) is 5.56 Å². The number of hydrogen-bond acceptors (Lipinski definition) is 5. The van der Waals surface area contributed by atoms with E-state index >= 15 is 0 Å². The number of thioether (sulfide) groups is 1. The minimum absolute atomic E-state index is 0.154. The smallest absolute Gasteiger partial charge is 0.319 e. The van der Waals surface area contributed by atoms with Crippen LogP contribution in [0.4, 0.5) is 0 Å². The number of carbonyl (C=O) groups is 1. The van der Waals surface area contributed by atoms with E-state index in [0.29, 0.717) is 28.4 Å². The van der Waals surface area contributed by atoms with E-state index in [2.05, 4.69) is 27.6 Å². The monoisotopic (exact) mass is 480 g/mol. The van der Waals surface area contributed by atoms with Gasteiger partial charge in [0.05, 0.1) is 23.2 Å². The molecule has 0 bridgehead atoms. The normalized spacial score (nSPS) is 12.1. The number of hydrogen-bond donors (Lipinski definition) is 0. The quantitative estimate of drug-likeness (QED) is 0.239. The molecule has 7 heteroatoms. The number of fused-ring (bicyclic) bond motifs is 1. The Bertz CT molecular complexity index is 1000. The van der Waals surface area contributed by atoms with Crippen LogP contribution in [0.3, 0.4) is 0 Å². The molecule has 134 valence electrons. The molecule has 3 rings (SSSR count). The van der Waals surface area contributed by atoms with E-state index in [-0.39, 0.29) is 11.5 Å². The van der Waals surface area contributed by atoms with Crippen molar-refractivity contribution in [1.29, 1.82) is 0 Å². The average Bonchev–Trinajstić information content (AvgIpc) is 2.63. The molecular formula is C19H17IN2O3S. The molecule has 1 atom stereocenters. The van der Waals surface area contributed by atoms with Gasteiger partial charge in [-0.2, -0.15) is 0 Å². The number of esters is 1. The van der Waals surface area contributed by atoms with Crippen LogP contribution in [-0.2, 0) is 9.53 Å². The predicted molar refractivity (Wildman–Crippen MR) is 112 cm³/mol. The molecule has 0 N–H and O–H groups in total. The summed E-state index contributed by atoms with van der Waals surface area (Å²) >= 11 is 3.40. The number of para-hydroxylation sites is 1. The molecule has 0 saturated carbocycles. The van der Waals surface area contributed by atoms with E-state index in [9.17, 15) is 9.59 Å². The Hall–Kier alpha value is -1.87. The largest absolute Gasteiger partial charge is 0.465 e. The van der Waals surface area contributed by atoms with Gasteiger partial charge in [0.15, 0.2) is 5.16 Å². The number of carbonyl (C=O) groups excluding carboxylic acids is 1. The fraction of sp³-hybridized carbons (Fsp3) is 0.211. The number of aromatic nitrogens is 2. The Balaban J connectivity index is 2.18. The molecule has 0 aliphatic heterocycles. The SMILES string of the molecule is CCOC(=O)C(C)Sc1nc2ccc(I)cc2c(=O)n1-c1ccccc1. The zero-order valence-electron chi connectivity index (χ0n) is 14.3. The van der Waals surface area contributed by atoms with E-state index in [0.717, 1.165) is 3.57 Å². The Morgan fingerprint density at radius 1 is 1.27 bits per heavy atom. The zero-order chi connectivity index (χ0) is 18.7. The van der Waals surface area contributed by atoms with E-state index in [1.165, 1.54) is 11.8 Å². The Labute approximate surface area is 168 Å². The Morgan fingerprint density at radius 3 is 2.69 bits per heavy atom. The number of rotatable bonds is 5. The molecule has 0 aliphatic carbocycles. The van der Waals surface area contributed by atoms with Gasteiger partial charge in [-0.1, -0.05) is 30.0 Å². The third-order valence-corrected chi connectivity index (χ3v) is 5.42. The number of nitrogens with zero attached hydrogens (tertiary/aromatic N) is 2. The summed E-state index contributed by atoms with van der Waals surface area (Å²) in [6, 6.07) is 14.9. The molecule has 1 heterocycles. The summed E-state index contributed by atoms with van der Waals surface area (Å²) in [6.07, 6.45) is 0. The summed E-state index contributed by atoms with van der Waals surface area (Å²) in [4.78, 5) is 29.8. The number of benzene rings is 2. The molecule has 0 radical (unpaired) electrons. The highest BCUT2D eigenvalue weighted by Gasteiger charge is 2.21. The van der Waals surface area contributed by atoms with Crippen LogP contribution < -0.4 is 5.56 Å². The van der Waals surface area contributed by atoms with Gasteiger partial charge >= 0.3 is 5.97 Å². The van der Waals surface area contributed by atoms with E-state index in [4.69, 9.17) is 4.74 Å². The maximum absolute atomic E-state index is 13.2. The minimum Gasteiger partial charge on any atom is -0.465 e. The summed E-state index contributed by atoms with van der Waals surface area (Å²) in [6.45, 7) is 3.84. The van der Waals surface area contributed by atoms with Gasteiger partial charge in [-0.3, -0.25) is 14.2 Å².